The summed E-state index contributed by atoms with van der Waals surface area (Å²) in [7, 11) is 1.94. The Morgan fingerprint density at radius 1 is 1.42 bits per heavy atom. The quantitative estimate of drug-likeness (QED) is 0.438. The van der Waals surface area contributed by atoms with Crippen LogP contribution in [-0.4, -0.2) is 27.6 Å². The summed E-state index contributed by atoms with van der Waals surface area (Å²) in [5, 5.41) is 5.42. The monoisotopic (exact) mass is 392 g/mol. The van der Waals surface area contributed by atoms with Gasteiger partial charge in [0.25, 0.3) is 0 Å². The van der Waals surface area contributed by atoms with Gasteiger partial charge in [0.15, 0.2) is 3.84 Å². The molecule has 3 rings (SSSR count). The smallest absolute Gasteiger partial charge is 0.233 e. The Morgan fingerprint density at radius 3 is 2.79 bits per heavy atom. The van der Waals surface area contributed by atoms with Crippen LogP contribution in [0.25, 0.3) is 5.70 Å². The lowest BCUT2D eigenvalue weighted by atomic mass is 10.1. The highest BCUT2D eigenvalue weighted by molar-refractivity contribution is 14.1. The molecular formula is C12H11ClFIN4. The first-order valence-electron chi connectivity index (χ1n) is 5.68. The van der Waals surface area contributed by atoms with Gasteiger partial charge < -0.3 is 10.2 Å². The van der Waals surface area contributed by atoms with Gasteiger partial charge in [0, 0.05) is 12.6 Å². The van der Waals surface area contributed by atoms with Crippen molar-refractivity contribution in [3.63, 3.8) is 0 Å². The zero-order chi connectivity index (χ0) is 13.6. The minimum Gasteiger partial charge on any atom is -0.359 e. The summed E-state index contributed by atoms with van der Waals surface area (Å²) in [5.74, 6) is -0.261. The molecule has 2 heterocycles. The lowest BCUT2D eigenvalue weighted by Crippen LogP contribution is -2.40. The molecule has 1 unspecified atom stereocenters. The summed E-state index contributed by atoms with van der Waals surface area (Å²) in [4.78, 5) is 6.38. The Kier molecular flexibility index (Phi) is 3.18. The van der Waals surface area contributed by atoms with Crippen molar-refractivity contribution in [2.75, 3.05) is 13.7 Å². The van der Waals surface area contributed by atoms with Crippen molar-refractivity contribution < 1.29 is 4.39 Å². The third-order valence-corrected chi connectivity index (χ3v) is 4.00. The van der Waals surface area contributed by atoms with Gasteiger partial charge in [-0.15, -0.1) is 0 Å². The average molecular weight is 393 g/mol. The van der Waals surface area contributed by atoms with E-state index in [1.54, 1.807) is 12.1 Å². The minimum atomic E-state index is -0.944. The van der Waals surface area contributed by atoms with Crippen molar-refractivity contribution in [1.82, 2.24) is 15.5 Å². The SMILES string of the molecule is CN1CNC2(Cl)N=C(I)NC(c3ccc(F)cc3)=C12. The van der Waals surface area contributed by atoms with Gasteiger partial charge in [0.05, 0.1) is 18.1 Å². The highest BCUT2D eigenvalue weighted by Crippen LogP contribution is 2.38. The predicted molar refractivity (Wildman–Crippen MR) is 82.3 cm³/mol. The number of amidine groups is 1. The van der Waals surface area contributed by atoms with Crippen molar-refractivity contribution >= 4 is 43.7 Å². The third kappa shape index (κ3) is 2.21. The van der Waals surface area contributed by atoms with Gasteiger partial charge in [-0.1, -0.05) is 11.6 Å². The van der Waals surface area contributed by atoms with E-state index < -0.39 is 5.12 Å². The third-order valence-electron chi connectivity index (χ3n) is 3.10. The van der Waals surface area contributed by atoms with Crippen LogP contribution in [0.5, 0.6) is 0 Å². The first-order valence-corrected chi connectivity index (χ1v) is 7.13. The van der Waals surface area contributed by atoms with Gasteiger partial charge >= 0.3 is 0 Å². The fraction of sp³-hybridized carbons (Fsp3) is 0.250. The number of nitrogens with one attached hydrogen (secondary N) is 2. The molecule has 2 aliphatic heterocycles. The second-order valence-corrected chi connectivity index (χ2v) is 5.98. The number of hydrogen-bond donors (Lipinski definition) is 2. The maximum Gasteiger partial charge on any atom is 0.233 e. The van der Waals surface area contributed by atoms with E-state index in [-0.39, 0.29) is 5.82 Å². The largest absolute Gasteiger partial charge is 0.359 e. The Labute approximate surface area is 128 Å². The van der Waals surface area contributed by atoms with Crippen molar-refractivity contribution in [1.29, 1.82) is 0 Å². The van der Waals surface area contributed by atoms with Crippen LogP contribution in [0.1, 0.15) is 5.56 Å². The molecule has 0 saturated carbocycles. The molecule has 100 valence electrons. The molecule has 1 saturated heterocycles. The van der Waals surface area contributed by atoms with E-state index in [9.17, 15) is 4.39 Å². The van der Waals surface area contributed by atoms with Crippen LogP contribution in [0.2, 0.25) is 0 Å². The van der Waals surface area contributed by atoms with Crippen LogP contribution in [0, 0.1) is 5.82 Å². The van der Waals surface area contributed by atoms with Crippen molar-refractivity contribution in [2.24, 2.45) is 4.99 Å². The lowest BCUT2D eigenvalue weighted by Gasteiger charge is -2.29. The van der Waals surface area contributed by atoms with E-state index >= 15 is 0 Å². The summed E-state index contributed by atoms with van der Waals surface area (Å²) in [6.45, 7) is 0.610. The van der Waals surface area contributed by atoms with Crippen LogP contribution >= 0.6 is 34.2 Å². The standard InChI is InChI=1S/C12H11ClFIN4/c1-19-6-16-12(13)10(19)9(17-11(15)18-12)7-2-4-8(14)5-3-7/h2-5,16H,6H2,1H3,(H,17,18). The Balaban J connectivity index is 2.14. The van der Waals surface area contributed by atoms with Crippen molar-refractivity contribution in [2.45, 2.75) is 5.12 Å². The zero-order valence-corrected chi connectivity index (χ0v) is 13.0. The number of halogens is 3. The highest BCUT2D eigenvalue weighted by Gasteiger charge is 2.44. The second kappa shape index (κ2) is 4.60. The fourth-order valence-corrected chi connectivity index (χ4v) is 3.40. The molecule has 0 amide bonds. The van der Waals surface area contributed by atoms with Gasteiger partial charge in [0.1, 0.15) is 5.82 Å². The molecule has 7 heteroatoms. The molecule has 0 bridgehead atoms. The molecule has 0 aromatic heterocycles. The first kappa shape index (κ1) is 13.1. The summed E-state index contributed by atoms with van der Waals surface area (Å²) in [5.41, 5.74) is 2.57. The summed E-state index contributed by atoms with van der Waals surface area (Å²) in [6, 6.07) is 6.32. The Morgan fingerprint density at radius 2 is 2.11 bits per heavy atom. The molecule has 1 aromatic carbocycles. The molecule has 0 radical (unpaired) electrons. The van der Waals surface area contributed by atoms with E-state index in [1.807, 2.05) is 11.9 Å². The van der Waals surface area contributed by atoms with Crippen LogP contribution in [0.15, 0.2) is 35.0 Å². The summed E-state index contributed by atoms with van der Waals surface area (Å²) >= 11 is 8.61. The van der Waals surface area contributed by atoms with E-state index in [0.29, 0.717) is 10.5 Å². The summed E-state index contributed by atoms with van der Waals surface area (Å²) < 4.78 is 13.7. The Hall–Kier alpha value is -0.860. The number of alkyl halides is 1. The highest BCUT2D eigenvalue weighted by atomic mass is 127. The minimum absolute atomic E-state index is 0.261. The lowest BCUT2D eigenvalue weighted by molar-refractivity contribution is 0.466. The van der Waals surface area contributed by atoms with Gasteiger partial charge in [0.2, 0.25) is 5.12 Å². The van der Waals surface area contributed by atoms with Crippen LogP contribution < -0.4 is 10.6 Å². The number of nitrogens with zero attached hydrogens (tertiary/aromatic N) is 2. The molecule has 1 atom stereocenters. The van der Waals surface area contributed by atoms with E-state index in [0.717, 1.165) is 17.0 Å². The summed E-state index contributed by atoms with van der Waals surface area (Å²) in [6.07, 6.45) is 0. The molecule has 2 aliphatic rings. The van der Waals surface area contributed by atoms with E-state index in [1.165, 1.54) is 12.1 Å². The van der Waals surface area contributed by atoms with Gasteiger partial charge in [-0.3, -0.25) is 5.32 Å². The van der Waals surface area contributed by atoms with E-state index in [2.05, 4.69) is 38.2 Å². The molecule has 2 N–H and O–H groups in total. The van der Waals surface area contributed by atoms with Crippen molar-refractivity contribution in [3.8, 4) is 0 Å². The molecule has 0 aliphatic carbocycles. The topological polar surface area (TPSA) is 39.7 Å². The number of rotatable bonds is 1. The predicted octanol–water partition coefficient (Wildman–Crippen LogP) is 2.27. The average Bonchev–Trinajstić information content (AvgIpc) is 2.65. The molecule has 1 fully saturated rings. The maximum atomic E-state index is 13.0. The van der Waals surface area contributed by atoms with Gasteiger partial charge in [-0.25, -0.2) is 9.38 Å². The van der Waals surface area contributed by atoms with Gasteiger partial charge in [-0.2, -0.15) is 0 Å². The number of aliphatic imine (C=N–C) groups is 1. The first-order chi connectivity index (χ1) is 8.99. The zero-order valence-electron chi connectivity index (χ0n) is 10.0. The molecule has 1 aromatic rings. The molecule has 0 spiro atoms. The van der Waals surface area contributed by atoms with Gasteiger partial charge in [-0.05, 0) is 46.9 Å². The van der Waals surface area contributed by atoms with Crippen molar-refractivity contribution in [3.05, 3.63) is 41.3 Å². The van der Waals surface area contributed by atoms with Crippen LogP contribution in [0.4, 0.5) is 4.39 Å². The van der Waals surface area contributed by atoms with Crippen LogP contribution in [-0.2, 0) is 0 Å². The normalized spacial score (nSPS) is 26.1. The molecule has 19 heavy (non-hydrogen) atoms. The number of hydrogen-bond acceptors (Lipinski definition) is 4. The number of likely N-dealkylation sites (N-methyl/N-ethyl adjacent to an activating group) is 1. The number of benzene rings is 1. The second-order valence-electron chi connectivity index (χ2n) is 4.41. The van der Waals surface area contributed by atoms with E-state index in [4.69, 9.17) is 11.6 Å². The maximum absolute atomic E-state index is 13.0. The Bertz CT molecular complexity index is 586. The molecule has 4 nitrogen and oxygen atoms in total. The van der Waals surface area contributed by atoms with Crippen LogP contribution in [0.3, 0.4) is 0 Å². The fourth-order valence-electron chi connectivity index (χ4n) is 2.24. The number of fused-ring (bicyclic) bond motifs is 1. The molecular weight excluding hydrogens is 382 g/mol.